The number of aromatic nitrogens is 1. The van der Waals surface area contributed by atoms with E-state index >= 15 is 0 Å². The number of aliphatic hydroxyl groups excluding tert-OH is 2. The van der Waals surface area contributed by atoms with Gasteiger partial charge in [-0.2, -0.15) is 0 Å². The summed E-state index contributed by atoms with van der Waals surface area (Å²) in [6, 6.07) is 0. The molecule has 40 heavy (non-hydrogen) atoms. The van der Waals surface area contributed by atoms with Gasteiger partial charge in [-0.25, -0.2) is 9.78 Å². The lowest BCUT2D eigenvalue weighted by molar-refractivity contribution is -0.174. The molecule has 0 bridgehead atoms. The van der Waals surface area contributed by atoms with Crippen molar-refractivity contribution in [2.24, 2.45) is 46.3 Å². The Kier molecular flexibility index (Phi) is 8.46. The maximum atomic E-state index is 12.9. The molecule has 0 aromatic carbocycles. The fourth-order valence-corrected chi connectivity index (χ4v) is 10.9. The van der Waals surface area contributed by atoms with Crippen molar-refractivity contribution < 1.29 is 24.5 Å². The van der Waals surface area contributed by atoms with E-state index in [1.54, 1.807) is 0 Å². The van der Waals surface area contributed by atoms with Crippen molar-refractivity contribution in [3.63, 3.8) is 0 Å². The topological polar surface area (TPSA) is 109 Å². The lowest BCUT2D eigenvalue weighted by Gasteiger charge is -2.62. The third-order valence-corrected chi connectivity index (χ3v) is 13.4. The molecule has 5 rings (SSSR count). The number of nitrogens with zero attached hydrogens (tertiary/aromatic N) is 1. The summed E-state index contributed by atoms with van der Waals surface area (Å²) in [5.41, 5.74) is 0.421. The molecule has 8 heteroatoms. The number of aliphatic hydroxyl groups is 2. The second-order valence-corrected chi connectivity index (χ2v) is 15.4. The van der Waals surface area contributed by atoms with Gasteiger partial charge in [0.05, 0.1) is 19.3 Å². The van der Waals surface area contributed by atoms with Crippen molar-refractivity contribution in [3.05, 3.63) is 10.6 Å². The molecule has 1 amide bonds. The first-order valence-corrected chi connectivity index (χ1v) is 16.5. The number of amides is 1. The number of nitrogens with one attached hydrogen (secondary N) is 1. The lowest BCUT2D eigenvalue weighted by Crippen LogP contribution is -2.58. The van der Waals surface area contributed by atoms with Crippen molar-refractivity contribution in [2.75, 3.05) is 12.4 Å². The summed E-state index contributed by atoms with van der Waals surface area (Å²) in [6.45, 7) is 11.1. The van der Waals surface area contributed by atoms with Crippen LogP contribution in [0.2, 0.25) is 0 Å². The zero-order chi connectivity index (χ0) is 29.0. The van der Waals surface area contributed by atoms with Crippen molar-refractivity contribution >= 4 is 28.3 Å². The van der Waals surface area contributed by atoms with E-state index in [1.807, 2.05) is 13.8 Å². The predicted molar refractivity (Wildman–Crippen MR) is 157 cm³/mol. The minimum Gasteiger partial charge on any atom is -0.464 e. The highest BCUT2D eigenvalue weighted by atomic mass is 32.1. The molecule has 4 aliphatic carbocycles. The summed E-state index contributed by atoms with van der Waals surface area (Å²) < 4.78 is 4.87. The Balaban J connectivity index is 1.23. The Hall–Kier alpha value is -1.51. The predicted octanol–water partition coefficient (Wildman–Crippen LogP) is 6.40. The van der Waals surface area contributed by atoms with Crippen LogP contribution in [0.15, 0.2) is 0 Å². The zero-order valence-electron chi connectivity index (χ0n) is 25.2. The number of esters is 1. The number of ether oxygens (including phenoxy) is 1. The fourth-order valence-electron chi connectivity index (χ4n) is 9.92. The van der Waals surface area contributed by atoms with Crippen molar-refractivity contribution in [3.8, 4) is 0 Å². The van der Waals surface area contributed by atoms with Crippen LogP contribution in [0.1, 0.15) is 120 Å². The minimum atomic E-state index is -0.477. The highest BCUT2D eigenvalue weighted by Crippen LogP contribution is 2.68. The van der Waals surface area contributed by atoms with Gasteiger partial charge in [0, 0.05) is 11.3 Å². The van der Waals surface area contributed by atoms with Crippen molar-refractivity contribution in [1.29, 1.82) is 0 Å². The first-order chi connectivity index (χ1) is 18.9. The second kappa shape index (κ2) is 11.3. The summed E-state index contributed by atoms with van der Waals surface area (Å²) in [5, 5.41) is 25.5. The minimum absolute atomic E-state index is 0.0815. The van der Waals surface area contributed by atoms with E-state index in [4.69, 9.17) is 4.74 Å². The van der Waals surface area contributed by atoms with Gasteiger partial charge < -0.3 is 20.3 Å². The van der Waals surface area contributed by atoms with Gasteiger partial charge in [0.25, 0.3) is 0 Å². The molecule has 1 heterocycles. The van der Waals surface area contributed by atoms with Crippen LogP contribution in [0.25, 0.3) is 0 Å². The number of carbonyl (C=O) groups excluding carboxylic acids is 2. The number of thiazole rings is 1. The van der Waals surface area contributed by atoms with Crippen LogP contribution in [0.3, 0.4) is 0 Å². The van der Waals surface area contributed by atoms with Crippen LogP contribution in [0, 0.1) is 46.3 Å². The molecule has 1 aromatic rings. The van der Waals surface area contributed by atoms with Crippen LogP contribution < -0.4 is 5.32 Å². The van der Waals surface area contributed by atoms with E-state index in [2.05, 4.69) is 31.1 Å². The number of fused-ring (bicyclic) bond motifs is 5. The second-order valence-electron chi connectivity index (χ2n) is 14.3. The van der Waals surface area contributed by atoms with Crippen molar-refractivity contribution in [1.82, 2.24) is 4.98 Å². The van der Waals surface area contributed by atoms with Crippen LogP contribution in [-0.4, -0.2) is 46.4 Å². The average Bonchev–Trinajstić information content (AvgIpc) is 3.50. The van der Waals surface area contributed by atoms with Crippen LogP contribution in [-0.2, 0) is 9.53 Å². The maximum Gasteiger partial charge on any atom is 0.357 e. The molecular weight excluding hydrogens is 524 g/mol. The molecule has 0 unspecified atom stereocenters. The van der Waals surface area contributed by atoms with E-state index in [1.165, 1.54) is 37.7 Å². The van der Waals surface area contributed by atoms with E-state index < -0.39 is 5.97 Å². The number of anilines is 1. The lowest BCUT2D eigenvalue weighted by atomic mass is 9.43. The first-order valence-electron chi connectivity index (χ1n) is 15.6. The van der Waals surface area contributed by atoms with Crippen LogP contribution >= 0.6 is 11.3 Å². The summed E-state index contributed by atoms with van der Waals surface area (Å²) >= 11 is 1.34. The normalized spacial score (nSPS) is 39.7. The highest BCUT2D eigenvalue weighted by molar-refractivity contribution is 7.16. The number of hydrogen-bond donors (Lipinski definition) is 3. The van der Waals surface area contributed by atoms with Gasteiger partial charge in [0.15, 0.2) is 10.8 Å². The number of carbonyl (C=O) groups is 2. The molecule has 4 saturated carbocycles. The summed E-state index contributed by atoms with van der Waals surface area (Å²) in [6.07, 6.45) is 9.25. The van der Waals surface area contributed by atoms with Gasteiger partial charge in [-0.3, -0.25) is 4.79 Å². The molecule has 0 radical (unpaired) electrons. The summed E-state index contributed by atoms with van der Waals surface area (Å²) in [4.78, 5) is 30.3. The summed E-state index contributed by atoms with van der Waals surface area (Å²) in [7, 11) is 1.34. The van der Waals surface area contributed by atoms with E-state index in [-0.39, 0.29) is 40.6 Å². The van der Waals surface area contributed by atoms with Gasteiger partial charge in [-0.15, -0.1) is 11.3 Å². The Morgan fingerprint density at radius 1 is 1.07 bits per heavy atom. The number of hydrogen-bond acceptors (Lipinski definition) is 7. The average molecular weight is 575 g/mol. The molecule has 1 aromatic heterocycles. The molecule has 3 N–H and O–H groups in total. The smallest absolute Gasteiger partial charge is 0.357 e. The third-order valence-electron chi connectivity index (χ3n) is 12.1. The van der Waals surface area contributed by atoms with Crippen LogP contribution in [0.4, 0.5) is 5.13 Å². The number of rotatable bonds is 7. The van der Waals surface area contributed by atoms with Crippen LogP contribution in [0.5, 0.6) is 0 Å². The first kappa shape index (κ1) is 30.0. The Labute approximate surface area is 243 Å². The molecule has 0 aliphatic heterocycles. The molecule has 7 nitrogen and oxygen atoms in total. The molecule has 4 aliphatic rings. The van der Waals surface area contributed by atoms with Gasteiger partial charge in [-0.1, -0.05) is 34.6 Å². The molecule has 0 spiro atoms. The van der Waals surface area contributed by atoms with E-state index in [9.17, 15) is 19.8 Å². The molecule has 0 saturated heterocycles. The Morgan fingerprint density at radius 3 is 2.52 bits per heavy atom. The van der Waals surface area contributed by atoms with Gasteiger partial charge in [-0.05, 0) is 110 Å². The van der Waals surface area contributed by atoms with Gasteiger partial charge >= 0.3 is 5.97 Å². The number of methoxy groups -OCH3 is 1. The Bertz CT molecular complexity index is 1110. The molecule has 4 fully saturated rings. The van der Waals surface area contributed by atoms with Gasteiger partial charge in [0.1, 0.15) is 0 Å². The molecule has 10 atom stereocenters. The molecular formula is C32H50N2O5S. The summed E-state index contributed by atoms with van der Waals surface area (Å²) in [5.74, 6) is 2.62. The monoisotopic (exact) mass is 574 g/mol. The van der Waals surface area contributed by atoms with E-state index in [0.29, 0.717) is 47.1 Å². The fraction of sp³-hybridized carbons (Fsp3) is 0.844. The van der Waals surface area contributed by atoms with Gasteiger partial charge in [0.2, 0.25) is 5.91 Å². The maximum absolute atomic E-state index is 12.9. The third kappa shape index (κ3) is 5.04. The standard InChI is InChI=1S/C32H50N2O5S/c1-17(2)28-27(29(38)39-6)34-30(40-28)33-26(37)12-7-18(3)22-10-11-23-21-9-8-19-15-20(35)13-14-31(19,4)24(21)16-25(36)32(22,23)5/h17-25,35-36H,7-16H2,1-6H3,(H,33,34,37)/t18-,19+,20-,21+,22+,23-,24-,25+,31+,32-/m1/s1. The van der Waals surface area contributed by atoms with Crippen molar-refractivity contribution in [2.45, 2.75) is 117 Å². The van der Waals surface area contributed by atoms with E-state index in [0.717, 1.165) is 43.4 Å². The largest absolute Gasteiger partial charge is 0.464 e. The quantitative estimate of drug-likeness (QED) is 0.325. The molecule has 224 valence electrons. The highest BCUT2D eigenvalue weighted by Gasteiger charge is 2.63. The zero-order valence-corrected chi connectivity index (χ0v) is 26.1. The SMILES string of the molecule is COC(=O)c1nc(NC(=O)CC[C@@H](C)[C@@H]2CC[C@@H]3[C@@H]4CC[C@H]5C[C@H](O)CC[C@]5(C)[C@@H]4C[C@H](O)[C@@]32C)sc1C(C)C. The Morgan fingerprint density at radius 2 is 1.82 bits per heavy atom.